The fraction of sp³-hybridized carbons (Fsp3) is 0.444. The van der Waals surface area contributed by atoms with Crippen molar-refractivity contribution in [1.29, 1.82) is 0 Å². The number of nitrogens with zero attached hydrogens (tertiary/aromatic N) is 2. The number of carbonyl (C=O) groups is 1. The molecule has 1 fully saturated rings. The molecule has 0 atom stereocenters. The Morgan fingerprint density at radius 2 is 2.12 bits per heavy atom. The summed E-state index contributed by atoms with van der Waals surface area (Å²) in [7, 11) is 0. The Kier molecular flexibility index (Phi) is 5.48. The highest BCUT2D eigenvalue weighted by molar-refractivity contribution is 5.76. The number of pyridine rings is 1. The summed E-state index contributed by atoms with van der Waals surface area (Å²) >= 11 is 0. The quantitative estimate of drug-likeness (QED) is 0.879. The molecule has 128 valence electrons. The molecule has 1 amide bonds. The molecule has 0 aromatic carbocycles. The van der Waals surface area contributed by atoms with Gasteiger partial charge in [-0.2, -0.15) is 0 Å². The second-order valence-electron chi connectivity index (χ2n) is 5.91. The second kappa shape index (κ2) is 7.97. The maximum atomic E-state index is 12.0. The SMILES string of the molecule is Cc1ccc(CNC(=O)CCc2ccnc(N3CCOCC3)c2)o1. The summed E-state index contributed by atoms with van der Waals surface area (Å²) in [5, 5.41) is 2.89. The van der Waals surface area contributed by atoms with Gasteiger partial charge in [0.15, 0.2) is 0 Å². The minimum absolute atomic E-state index is 0.0220. The number of aromatic nitrogens is 1. The average molecular weight is 329 g/mol. The van der Waals surface area contributed by atoms with Crippen LogP contribution >= 0.6 is 0 Å². The first-order valence-electron chi connectivity index (χ1n) is 8.30. The van der Waals surface area contributed by atoms with Crippen LogP contribution in [0.2, 0.25) is 0 Å². The molecule has 2 aromatic rings. The number of morpholine rings is 1. The predicted molar refractivity (Wildman–Crippen MR) is 90.9 cm³/mol. The van der Waals surface area contributed by atoms with Crippen molar-refractivity contribution in [2.45, 2.75) is 26.3 Å². The Morgan fingerprint density at radius 1 is 1.29 bits per heavy atom. The summed E-state index contributed by atoms with van der Waals surface area (Å²) in [6.07, 6.45) is 2.96. The zero-order chi connectivity index (χ0) is 16.8. The Labute approximate surface area is 141 Å². The Morgan fingerprint density at radius 3 is 2.88 bits per heavy atom. The van der Waals surface area contributed by atoms with Crippen LogP contribution in [0, 0.1) is 6.92 Å². The molecule has 0 aliphatic carbocycles. The van der Waals surface area contributed by atoms with E-state index in [9.17, 15) is 4.79 Å². The number of amides is 1. The number of aryl methyl sites for hydroxylation is 2. The van der Waals surface area contributed by atoms with Gasteiger partial charge in [-0.25, -0.2) is 4.98 Å². The highest BCUT2D eigenvalue weighted by Gasteiger charge is 2.13. The van der Waals surface area contributed by atoms with E-state index in [1.807, 2.05) is 31.3 Å². The van der Waals surface area contributed by atoms with E-state index in [1.165, 1.54) is 0 Å². The minimum Gasteiger partial charge on any atom is -0.465 e. The van der Waals surface area contributed by atoms with Gasteiger partial charge in [0.25, 0.3) is 0 Å². The first-order valence-corrected chi connectivity index (χ1v) is 8.30. The molecule has 3 heterocycles. The second-order valence-corrected chi connectivity index (χ2v) is 5.91. The van der Waals surface area contributed by atoms with E-state index in [0.29, 0.717) is 19.4 Å². The van der Waals surface area contributed by atoms with Crippen LogP contribution in [-0.2, 0) is 22.5 Å². The van der Waals surface area contributed by atoms with Crippen LogP contribution in [0.1, 0.15) is 23.5 Å². The maximum absolute atomic E-state index is 12.0. The van der Waals surface area contributed by atoms with E-state index >= 15 is 0 Å². The molecule has 0 radical (unpaired) electrons. The van der Waals surface area contributed by atoms with Crippen molar-refractivity contribution in [2.75, 3.05) is 31.2 Å². The molecular formula is C18H23N3O3. The number of hydrogen-bond donors (Lipinski definition) is 1. The summed E-state index contributed by atoms with van der Waals surface area (Å²) in [6, 6.07) is 7.81. The Balaban J connectivity index is 1.47. The summed E-state index contributed by atoms with van der Waals surface area (Å²) in [5.74, 6) is 2.61. The number of nitrogens with one attached hydrogen (secondary N) is 1. The number of rotatable bonds is 6. The van der Waals surface area contributed by atoms with E-state index in [-0.39, 0.29) is 5.91 Å². The standard InChI is InChI=1S/C18H23N3O3/c1-14-2-4-16(24-14)13-20-18(22)5-3-15-6-7-19-17(12-15)21-8-10-23-11-9-21/h2,4,6-7,12H,3,5,8-11,13H2,1H3,(H,20,22). The first kappa shape index (κ1) is 16.5. The lowest BCUT2D eigenvalue weighted by Gasteiger charge is -2.28. The predicted octanol–water partition coefficient (Wildman–Crippen LogP) is 2.07. The lowest BCUT2D eigenvalue weighted by atomic mass is 10.1. The fourth-order valence-electron chi connectivity index (χ4n) is 2.69. The normalized spacial score (nSPS) is 14.6. The van der Waals surface area contributed by atoms with Crippen molar-refractivity contribution >= 4 is 11.7 Å². The van der Waals surface area contributed by atoms with E-state index in [4.69, 9.17) is 9.15 Å². The molecular weight excluding hydrogens is 306 g/mol. The topological polar surface area (TPSA) is 67.6 Å². The van der Waals surface area contributed by atoms with Crippen LogP contribution in [0.15, 0.2) is 34.9 Å². The summed E-state index contributed by atoms with van der Waals surface area (Å²) in [6.45, 7) is 5.52. The lowest BCUT2D eigenvalue weighted by Crippen LogP contribution is -2.36. The summed E-state index contributed by atoms with van der Waals surface area (Å²) < 4.78 is 10.8. The third-order valence-electron chi connectivity index (χ3n) is 4.04. The van der Waals surface area contributed by atoms with E-state index in [2.05, 4.69) is 21.3 Å². The van der Waals surface area contributed by atoms with E-state index < -0.39 is 0 Å². The van der Waals surface area contributed by atoms with Crippen LogP contribution in [-0.4, -0.2) is 37.2 Å². The van der Waals surface area contributed by atoms with Gasteiger partial charge in [-0.15, -0.1) is 0 Å². The molecule has 0 saturated carbocycles. The number of carbonyl (C=O) groups excluding carboxylic acids is 1. The van der Waals surface area contributed by atoms with Gasteiger partial charge in [0.05, 0.1) is 19.8 Å². The van der Waals surface area contributed by atoms with Gasteiger partial charge < -0.3 is 19.4 Å². The molecule has 3 rings (SSSR count). The third-order valence-corrected chi connectivity index (χ3v) is 4.04. The van der Waals surface area contributed by atoms with Crippen molar-refractivity contribution in [3.8, 4) is 0 Å². The largest absolute Gasteiger partial charge is 0.465 e. The smallest absolute Gasteiger partial charge is 0.220 e. The van der Waals surface area contributed by atoms with Crippen LogP contribution in [0.3, 0.4) is 0 Å². The molecule has 0 unspecified atom stereocenters. The molecule has 2 aromatic heterocycles. The number of hydrogen-bond acceptors (Lipinski definition) is 5. The Bertz CT molecular complexity index is 678. The van der Waals surface area contributed by atoms with Gasteiger partial charge in [-0.05, 0) is 43.2 Å². The summed E-state index contributed by atoms with van der Waals surface area (Å²) in [5.41, 5.74) is 1.12. The van der Waals surface area contributed by atoms with E-state index in [0.717, 1.165) is 49.2 Å². The van der Waals surface area contributed by atoms with Gasteiger partial charge in [0.1, 0.15) is 17.3 Å². The molecule has 1 N–H and O–H groups in total. The number of anilines is 1. The van der Waals surface area contributed by atoms with Crippen molar-refractivity contribution in [3.63, 3.8) is 0 Å². The van der Waals surface area contributed by atoms with Crippen molar-refractivity contribution in [1.82, 2.24) is 10.3 Å². The van der Waals surface area contributed by atoms with Crippen molar-refractivity contribution in [2.24, 2.45) is 0 Å². The van der Waals surface area contributed by atoms with Crippen LogP contribution in [0.4, 0.5) is 5.82 Å². The highest BCUT2D eigenvalue weighted by Crippen LogP contribution is 2.15. The van der Waals surface area contributed by atoms with Crippen LogP contribution in [0.5, 0.6) is 0 Å². The minimum atomic E-state index is 0.0220. The molecule has 6 heteroatoms. The van der Waals surface area contributed by atoms with Crippen molar-refractivity contribution < 1.29 is 13.9 Å². The van der Waals surface area contributed by atoms with Crippen LogP contribution < -0.4 is 10.2 Å². The first-order chi connectivity index (χ1) is 11.7. The monoisotopic (exact) mass is 329 g/mol. The Hall–Kier alpha value is -2.34. The van der Waals surface area contributed by atoms with Crippen molar-refractivity contribution in [3.05, 3.63) is 47.5 Å². The zero-order valence-electron chi connectivity index (χ0n) is 14.0. The molecule has 6 nitrogen and oxygen atoms in total. The molecule has 1 aliphatic rings. The van der Waals surface area contributed by atoms with Gasteiger partial charge >= 0.3 is 0 Å². The molecule has 24 heavy (non-hydrogen) atoms. The lowest BCUT2D eigenvalue weighted by molar-refractivity contribution is -0.121. The fourth-order valence-corrected chi connectivity index (χ4v) is 2.69. The molecule has 0 spiro atoms. The molecule has 1 saturated heterocycles. The molecule has 1 aliphatic heterocycles. The van der Waals surface area contributed by atoms with E-state index in [1.54, 1.807) is 0 Å². The maximum Gasteiger partial charge on any atom is 0.220 e. The number of ether oxygens (including phenoxy) is 1. The van der Waals surface area contributed by atoms with Gasteiger partial charge in [-0.1, -0.05) is 0 Å². The van der Waals surface area contributed by atoms with Crippen LogP contribution in [0.25, 0.3) is 0 Å². The zero-order valence-corrected chi connectivity index (χ0v) is 14.0. The van der Waals surface area contributed by atoms with Gasteiger partial charge in [-0.3, -0.25) is 4.79 Å². The van der Waals surface area contributed by atoms with Gasteiger partial charge in [0.2, 0.25) is 5.91 Å². The highest BCUT2D eigenvalue weighted by atomic mass is 16.5. The number of furan rings is 1. The summed E-state index contributed by atoms with van der Waals surface area (Å²) in [4.78, 5) is 18.6. The molecule has 0 bridgehead atoms. The third kappa shape index (κ3) is 4.58. The van der Waals surface area contributed by atoms with Gasteiger partial charge in [0, 0.05) is 25.7 Å². The average Bonchev–Trinajstić information content (AvgIpc) is 3.04.